The van der Waals surface area contributed by atoms with Crippen LogP contribution in [0, 0.1) is 11.9 Å². The van der Waals surface area contributed by atoms with E-state index in [2.05, 4.69) is 9.97 Å². The molecule has 158 valence electrons. The normalized spacial score (nSPS) is 18.9. The molecule has 1 N–H and O–H groups in total. The van der Waals surface area contributed by atoms with Crippen LogP contribution in [0.2, 0.25) is 0 Å². The Bertz CT molecular complexity index is 1210. The van der Waals surface area contributed by atoms with Crippen LogP contribution in [-0.2, 0) is 6.42 Å². The lowest BCUT2D eigenvalue weighted by Gasteiger charge is -2.26. The van der Waals surface area contributed by atoms with Crippen LogP contribution >= 0.6 is 11.3 Å². The number of ether oxygens (including phenoxy) is 1. The number of pyridine rings is 2. The molecule has 0 spiro atoms. The Morgan fingerprint density at radius 3 is 2.71 bits per heavy atom. The van der Waals surface area contributed by atoms with Crippen LogP contribution in [-0.4, -0.2) is 26.2 Å². The van der Waals surface area contributed by atoms with Crippen LogP contribution in [0.4, 0.5) is 4.39 Å². The second-order valence-electron chi connectivity index (χ2n) is 7.90. The number of thiazole rings is 1. The third-order valence-corrected chi connectivity index (χ3v) is 6.74. The fourth-order valence-corrected chi connectivity index (χ4v) is 5.17. The number of hydrogen-bond acceptors (Lipinski definition) is 6. The molecule has 0 radical (unpaired) electrons. The van der Waals surface area contributed by atoms with Gasteiger partial charge in [0.15, 0.2) is 0 Å². The number of halogens is 1. The molecule has 1 fully saturated rings. The molecule has 5 rings (SSSR count). The first-order valence-corrected chi connectivity index (χ1v) is 11.3. The first kappa shape index (κ1) is 20.0. The van der Waals surface area contributed by atoms with Crippen molar-refractivity contribution < 1.29 is 14.2 Å². The molecule has 5 nitrogen and oxygen atoms in total. The van der Waals surface area contributed by atoms with Crippen LogP contribution in [0.15, 0.2) is 54.9 Å². The molecule has 0 amide bonds. The lowest BCUT2D eigenvalue weighted by molar-refractivity contribution is 0.0700. The fraction of sp³-hybridized carbons (Fsp3) is 0.292. The summed E-state index contributed by atoms with van der Waals surface area (Å²) in [5.74, 6) is 1.09. The third kappa shape index (κ3) is 4.57. The van der Waals surface area contributed by atoms with E-state index in [0.29, 0.717) is 28.7 Å². The highest BCUT2D eigenvalue weighted by molar-refractivity contribution is 7.18. The van der Waals surface area contributed by atoms with Gasteiger partial charge in [0.25, 0.3) is 0 Å². The second kappa shape index (κ2) is 8.69. The largest absolute Gasteiger partial charge is 0.457 e. The lowest BCUT2D eigenvalue weighted by atomic mass is 9.84. The summed E-state index contributed by atoms with van der Waals surface area (Å²) in [5, 5.41) is 11.3. The van der Waals surface area contributed by atoms with Crippen molar-refractivity contribution in [1.82, 2.24) is 15.0 Å². The molecule has 0 unspecified atom stereocenters. The molecule has 1 aliphatic rings. The summed E-state index contributed by atoms with van der Waals surface area (Å²) >= 11 is 1.66. The van der Waals surface area contributed by atoms with Gasteiger partial charge in [0.2, 0.25) is 5.95 Å². The van der Waals surface area contributed by atoms with E-state index in [1.54, 1.807) is 35.7 Å². The maximum Gasteiger partial charge on any atom is 0.213 e. The average molecular weight is 436 g/mol. The summed E-state index contributed by atoms with van der Waals surface area (Å²) < 4.78 is 20.5. The van der Waals surface area contributed by atoms with Gasteiger partial charge in [0, 0.05) is 42.6 Å². The summed E-state index contributed by atoms with van der Waals surface area (Å²) in [6, 6.07) is 12.5. The molecule has 0 bridgehead atoms. The first-order chi connectivity index (χ1) is 15.1. The van der Waals surface area contributed by atoms with Gasteiger partial charge in [-0.2, -0.15) is 4.39 Å². The van der Waals surface area contributed by atoms with Gasteiger partial charge in [-0.15, -0.1) is 11.3 Å². The lowest BCUT2D eigenvalue weighted by Crippen LogP contribution is -2.26. The minimum absolute atomic E-state index is 0.214. The first-order valence-electron chi connectivity index (χ1n) is 10.5. The Balaban J connectivity index is 1.34. The molecule has 2 atom stereocenters. The van der Waals surface area contributed by atoms with Crippen molar-refractivity contribution in [2.75, 3.05) is 0 Å². The molecule has 0 aliphatic heterocycles. The van der Waals surface area contributed by atoms with Crippen molar-refractivity contribution >= 4 is 21.6 Å². The molecule has 3 heterocycles. The Hall–Kier alpha value is -2.90. The Morgan fingerprint density at radius 2 is 1.84 bits per heavy atom. The molecule has 31 heavy (non-hydrogen) atoms. The van der Waals surface area contributed by atoms with E-state index >= 15 is 0 Å². The van der Waals surface area contributed by atoms with Gasteiger partial charge in [-0.1, -0.05) is 12.8 Å². The summed E-state index contributed by atoms with van der Waals surface area (Å²) in [4.78, 5) is 12.6. The molecule has 1 saturated carbocycles. The minimum Gasteiger partial charge on any atom is -0.457 e. The number of nitrogens with zero attached hydrogens (tertiary/aromatic N) is 3. The number of aromatic nitrogens is 3. The summed E-state index contributed by atoms with van der Waals surface area (Å²) in [6.07, 6.45) is 7.94. The number of fused-ring (bicyclic) bond motifs is 1. The quantitative estimate of drug-likeness (QED) is 0.403. The molecular weight excluding hydrogens is 413 g/mol. The second-order valence-corrected chi connectivity index (χ2v) is 9.01. The molecule has 7 heteroatoms. The summed E-state index contributed by atoms with van der Waals surface area (Å²) in [7, 11) is 0. The molecule has 1 aromatic carbocycles. The van der Waals surface area contributed by atoms with Gasteiger partial charge in [-0.3, -0.25) is 4.98 Å². The Kier molecular flexibility index (Phi) is 5.61. The number of benzene rings is 1. The number of hydrogen-bond donors (Lipinski definition) is 1. The summed E-state index contributed by atoms with van der Waals surface area (Å²) in [5.41, 5.74) is 2.21. The van der Waals surface area contributed by atoms with Gasteiger partial charge >= 0.3 is 0 Å². The zero-order valence-corrected chi connectivity index (χ0v) is 17.7. The van der Waals surface area contributed by atoms with E-state index in [1.165, 1.54) is 18.7 Å². The van der Waals surface area contributed by atoms with Crippen molar-refractivity contribution in [1.29, 1.82) is 0 Å². The predicted molar refractivity (Wildman–Crippen MR) is 119 cm³/mol. The molecule has 3 aromatic heterocycles. The fourth-order valence-electron chi connectivity index (χ4n) is 4.08. The van der Waals surface area contributed by atoms with E-state index < -0.39 is 5.95 Å². The van der Waals surface area contributed by atoms with Gasteiger partial charge in [0.1, 0.15) is 11.5 Å². The third-order valence-electron chi connectivity index (χ3n) is 5.70. The van der Waals surface area contributed by atoms with Crippen molar-refractivity contribution in [3.05, 3.63) is 65.8 Å². The highest BCUT2D eigenvalue weighted by Gasteiger charge is 2.24. The van der Waals surface area contributed by atoms with E-state index in [0.717, 1.165) is 40.9 Å². The van der Waals surface area contributed by atoms with Crippen LogP contribution < -0.4 is 4.74 Å². The minimum atomic E-state index is -0.544. The van der Waals surface area contributed by atoms with E-state index in [-0.39, 0.29) is 6.10 Å². The number of rotatable bonds is 5. The van der Waals surface area contributed by atoms with E-state index in [4.69, 9.17) is 9.72 Å². The molecule has 4 aromatic rings. The summed E-state index contributed by atoms with van der Waals surface area (Å²) in [6.45, 7) is 0. The maximum atomic E-state index is 13.4. The molecular formula is C24H22FN3O2S. The van der Waals surface area contributed by atoms with Crippen LogP contribution in [0.1, 0.15) is 30.7 Å². The smallest absolute Gasteiger partial charge is 0.213 e. The van der Waals surface area contributed by atoms with E-state index in [1.807, 2.05) is 18.2 Å². The van der Waals surface area contributed by atoms with Crippen molar-refractivity contribution in [2.45, 2.75) is 38.2 Å². The Morgan fingerprint density at radius 1 is 1.00 bits per heavy atom. The SMILES string of the molecule is O[C@@H]1CCCC[C@H]1Cc1nc2ccc(Oc3ccnc(-c4ccnc(F)c4)c3)cc2s1. The predicted octanol–water partition coefficient (Wildman–Crippen LogP) is 5.78. The molecule has 1 aliphatic carbocycles. The highest BCUT2D eigenvalue weighted by atomic mass is 32.1. The highest BCUT2D eigenvalue weighted by Crippen LogP contribution is 2.33. The van der Waals surface area contributed by atoms with Crippen LogP contribution in [0.5, 0.6) is 11.5 Å². The van der Waals surface area contributed by atoms with E-state index in [9.17, 15) is 9.50 Å². The van der Waals surface area contributed by atoms with Crippen molar-refractivity contribution in [3.8, 4) is 22.8 Å². The van der Waals surface area contributed by atoms with Gasteiger partial charge < -0.3 is 9.84 Å². The topological polar surface area (TPSA) is 68.1 Å². The maximum absolute atomic E-state index is 13.4. The Labute approximate surface area is 183 Å². The van der Waals surface area contributed by atoms with Gasteiger partial charge in [0.05, 0.1) is 27.0 Å². The number of aliphatic hydroxyl groups excluding tert-OH is 1. The molecule has 0 saturated heterocycles. The monoisotopic (exact) mass is 435 g/mol. The van der Waals surface area contributed by atoms with Gasteiger partial charge in [-0.25, -0.2) is 9.97 Å². The number of aliphatic hydroxyl groups is 1. The van der Waals surface area contributed by atoms with Crippen LogP contribution in [0.3, 0.4) is 0 Å². The standard InChI is InChI=1S/C24H22FN3O2S/c25-23-11-15(7-9-27-23)20-13-18(8-10-26-20)30-17-5-6-19-22(14-17)31-24(28-19)12-16-3-1-2-4-21(16)29/h5-11,13-14,16,21,29H,1-4,12H2/t16-,21+/m0/s1. The average Bonchev–Trinajstić information content (AvgIpc) is 3.17. The zero-order valence-electron chi connectivity index (χ0n) is 16.9. The van der Waals surface area contributed by atoms with Gasteiger partial charge in [-0.05, 0) is 43.0 Å². The zero-order chi connectivity index (χ0) is 21.2. The van der Waals surface area contributed by atoms with Crippen molar-refractivity contribution in [3.63, 3.8) is 0 Å². The van der Waals surface area contributed by atoms with Crippen LogP contribution in [0.25, 0.3) is 21.5 Å². The van der Waals surface area contributed by atoms with Crippen molar-refractivity contribution in [2.24, 2.45) is 5.92 Å².